The first-order chi connectivity index (χ1) is 8.49. The summed E-state index contributed by atoms with van der Waals surface area (Å²) in [7, 11) is 2.17. The minimum absolute atomic E-state index is 0.243. The van der Waals surface area contributed by atoms with Crippen molar-refractivity contribution in [2.75, 3.05) is 33.2 Å². The van der Waals surface area contributed by atoms with Crippen LogP contribution in [0.2, 0.25) is 0 Å². The molecule has 0 saturated carbocycles. The molecule has 1 aromatic rings. The Morgan fingerprint density at radius 1 is 1.17 bits per heavy atom. The third kappa shape index (κ3) is 3.10. The van der Waals surface area contributed by atoms with Gasteiger partial charge in [-0.15, -0.1) is 0 Å². The average Bonchev–Trinajstić information content (AvgIpc) is 2.32. The molecule has 100 valence electrons. The molecule has 1 aliphatic rings. The number of rotatable bonds is 3. The molecule has 0 spiro atoms. The van der Waals surface area contributed by atoms with Crippen LogP contribution in [0.25, 0.3) is 0 Å². The zero-order chi connectivity index (χ0) is 13.2. The maximum atomic E-state index is 6.55. The lowest BCUT2D eigenvalue weighted by molar-refractivity contribution is 0.0545. The summed E-state index contributed by atoms with van der Waals surface area (Å²) in [6.07, 6.45) is 0.920. The third-order valence-electron chi connectivity index (χ3n) is 4.04. The standard InChI is InChI=1S/C15H25N3/c1-13-6-4-5-7-14(13)12-15(2,16)18-10-8-17(3)9-11-18/h4-7H,8-12,16H2,1-3H3. The topological polar surface area (TPSA) is 32.5 Å². The molecule has 0 bridgehead atoms. The second kappa shape index (κ2) is 5.39. The molecular formula is C15H25N3. The predicted molar refractivity (Wildman–Crippen MR) is 76.5 cm³/mol. The highest BCUT2D eigenvalue weighted by Gasteiger charge is 2.30. The summed E-state index contributed by atoms with van der Waals surface area (Å²) < 4.78 is 0. The summed E-state index contributed by atoms with van der Waals surface area (Å²) in [4.78, 5) is 4.78. The molecule has 1 aliphatic heterocycles. The van der Waals surface area contributed by atoms with Crippen molar-refractivity contribution in [1.29, 1.82) is 0 Å². The van der Waals surface area contributed by atoms with Crippen LogP contribution in [0.4, 0.5) is 0 Å². The molecule has 18 heavy (non-hydrogen) atoms. The van der Waals surface area contributed by atoms with Crippen LogP contribution in [0.15, 0.2) is 24.3 Å². The van der Waals surface area contributed by atoms with Gasteiger partial charge in [0.05, 0.1) is 5.66 Å². The van der Waals surface area contributed by atoms with E-state index < -0.39 is 0 Å². The van der Waals surface area contributed by atoms with Crippen LogP contribution in [-0.2, 0) is 6.42 Å². The van der Waals surface area contributed by atoms with Gasteiger partial charge in [-0.2, -0.15) is 0 Å². The van der Waals surface area contributed by atoms with Crippen LogP contribution < -0.4 is 5.73 Å². The minimum Gasteiger partial charge on any atom is -0.313 e. The highest BCUT2D eigenvalue weighted by atomic mass is 15.3. The number of hydrogen-bond acceptors (Lipinski definition) is 3. The maximum Gasteiger partial charge on any atom is 0.0700 e. The lowest BCUT2D eigenvalue weighted by Gasteiger charge is -2.43. The average molecular weight is 247 g/mol. The number of benzene rings is 1. The summed E-state index contributed by atoms with van der Waals surface area (Å²) >= 11 is 0. The van der Waals surface area contributed by atoms with Gasteiger partial charge in [0.2, 0.25) is 0 Å². The summed E-state index contributed by atoms with van der Waals surface area (Å²) in [5.74, 6) is 0. The van der Waals surface area contributed by atoms with Crippen LogP contribution >= 0.6 is 0 Å². The van der Waals surface area contributed by atoms with Crippen LogP contribution in [0.1, 0.15) is 18.1 Å². The Kier molecular flexibility index (Phi) is 4.05. The highest BCUT2D eigenvalue weighted by Crippen LogP contribution is 2.19. The minimum atomic E-state index is -0.243. The van der Waals surface area contributed by atoms with Crippen molar-refractivity contribution in [3.8, 4) is 0 Å². The van der Waals surface area contributed by atoms with Crippen LogP contribution in [0.3, 0.4) is 0 Å². The Balaban J connectivity index is 2.05. The first kappa shape index (κ1) is 13.5. The van der Waals surface area contributed by atoms with Gasteiger partial charge in [0.15, 0.2) is 0 Å². The second-order valence-electron chi connectivity index (χ2n) is 5.75. The van der Waals surface area contributed by atoms with Crippen LogP contribution in [-0.4, -0.2) is 48.7 Å². The van der Waals surface area contributed by atoms with E-state index in [9.17, 15) is 0 Å². The molecule has 1 fully saturated rings. The fourth-order valence-corrected chi connectivity index (χ4v) is 2.62. The molecule has 2 N–H and O–H groups in total. The third-order valence-corrected chi connectivity index (χ3v) is 4.04. The van der Waals surface area contributed by atoms with Gasteiger partial charge in [0, 0.05) is 32.6 Å². The lowest BCUT2D eigenvalue weighted by atomic mass is 9.96. The van der Waals surface area contributed by atoms with Crippen molar-refractivity contribution in [2.24, 2.45) is 5.73 Å². The zero-order valence-corrected chi connectivity index (χ0v) is 11.8. The van der Waals surface area contributed by atoms with Crippen molar-refractivity contribution in [3.63, 3.8) is 0 Å². The maximum absolute atomic E-state index is 6.55. The normalized spacial score (nSPS) is 21.8. The van der Waals surface area contributed by atoms with E-state index in [-0.39, 0.29) is 5.66 Å². The van der Waals surface area contributed by atoms with Crippen LogP contribution in [0.5, 0.6) is 0 Å². The van der Waals surface area contributed by atoms with E-state index in [0.717, 1.165) is 32.6 Å². The number of nitrogens with zero attached hydrogens (tertiary/aromatic N) is 2. The van der Waals surface area contributed by atoms with E-state index >= 15 is 0 Å². The molecule has 1 aromatic carbocycles. The summed E-state index contributed by atoms with van der Waals surface area (Å²) in [6.45, 7) is 8.67. The lowest BCUT2D eigenvalue weighted by Crippen LogP contribution is -2.60. The smallest absolute Gasteiger partial charge is 0.0700 e. The van der Waals surface area contributed by atoms with Gasteiger partial charge in [0.1, 0.15) is 0 Å². The molecule has 0 radical (unpaired) electrons. The molecule has 1 saturated heterocycles. The van der Waals surface area contributed by atoms with Crippen molar-refractivity contribution >= 4 is 0 Å². The van der Waals surface area contributed by atoms with Crippen molar-refractivity contribution in [1.82, 2.24) is 9.80 Å². The number of nitrogens with two attached hydrogens (primary N) is 1. The molecule has 1 heterocycles. The Labute approximate surface area is 111 Å². The molecule has 3 heteroatoms. The van der Waals surface area contributed by atoms with E-state index in [0.29, 0.717) is 0 Å². The highest BCUT2D eigenvalue weighted by molar-refractivity contribution is 5.27. The van der Waals surface area contributed by atoms with E-state index in [4.69, 9.17) is 5.73 Å². The predicted octanol–water partition coefficient (Wildman–Crippen LogP) is 1.46. The van der Waals surface area contributed by atoms with Crippen molar-refractivity contribution in [3.05, 3.63) is 35.4 Å². The zero-order valence-electron chi connectivity index (χ0n) is 11.8. The molecule has 1 atom stereocenters. The first-order valence-corrected chi connectivity index (χ1v) is 6.76. The van der Waals surface area contributed by atoms with E-state index in [1.807, 2.05) is 0 Å². The van der Waals surface area contributed by atoms with Crippen molar-refractivity contribution in [2.45, 2.75) is 25.9 Å². The Morgan fingerprint density at radius 2 is 1.78 bits per heavy atom. The number of hydrogen-bond donors (Lipinski definition) is 1. The Bertz CT molecular complexity index is 392. The molecule has 2 rings (SSSR count). The fraction of sp³-hybridized carbons (Fsp3) is 0.600. The molecule has 0 aliphatic carbocycles. The van der Waals surface area contributed by atoms with E-state index in [2.05, 4.69) is 55.0 Å². The summed E-state index contributed by atoms with van der Waals surface area (Å²) in [6, 6.07) is 8.54. The van der Waals surface area contributed by atoms with Gasteiger partial charge in [-0.25, -0.2) is 0 Å². The number of likely N-dealkylation sites (N-methyl/N-ethyl adjacent to an activating group) is 1. The second-order valence-corrected chi connectivity index (χ2v) is 5.75. The van der Waals surface area contributed by atoms with Gasteiger partial charge in [-0.05, 0) is 32.0 Å². The van der Waals surface area contributed by atoms with Crippen molar-refractivity contribution < 1.29 is 0 Å². The summed E-state index contributed by atoms with van der Waals surface area (Å²) in [5, 5.41) is 0. The summed E-state index contributed by atoms with van der Waals surface area (Å²) in [5.41, 5.74) is 9.00. The Hall–Kier alpha value is -0.900. The molecule has 0 amide bonds. The molecule has 1 unspecified atom stereocenters. The van der Waals surface area contributed by atoms with Gasteiger partial charge < -0.3 is 10.6 Å². The van der Waals surface area contributed by atoms with Crippen LogP contribution in [0, 0.1) is 6.92 Å². The van der Waals surface area contributed by atoms with Gasteiger partial charge in [-0.1, -0.05) is 24.3 Å². The number of piperazine rings is 1. The van der Waals surface area contributed by atoms with Gasteiger partial charge in [0.25, 0.3) is 0 Å². The van der Waals surface area contributed by atoms with Gasteiger partial charge in [-0.3, -0.25) is 4.90 Å². The Morgan fingerprint density at radius 3 is 2.39 bits per heavy atom. The number of aryl methyl sites for hydroxylation is 1. The van der Waals surface area contributed by atoms with E-state index in [1.165, 1.54) is 11.1 Å². The fourth-order valence-electron chi connectivity index (χ4n) is 2.62. The molecular weight excluding hydrogens is 222 g/mol. The largest absolute Gasteiger partial charge is 0.313 e. The molecule has 0 aromatic heterocycles. The van der Waals surface area contributed by atoms with E-state index in [1.54, 1.807) is 0 Å². The first-order valence-electron chi connectivity index (χ1n) is 6.76. The molecule has 3 nitrogen and oxygen atoms in total. The SMILES string of the molecule is Cc1ccccc1CC(C)(N)N1CCN(C)CC1. The quantitative estimate of drug-likeness (QED) is 0.878. The van der Waals surface area contributed by atoms with Gasteiger partial charge >= 0.3 is 0 Å². The monoisotopic (exact) mass is 247 g/mol.